The van der Waals surface area contributed by atoms with Crippen molar-refractivity contribution in [3.8, 4) is 0 Å². The zero-order valence-electron chi connectivity index (χ0n) is 15.9. The molecule has 2 amide bonds. The summed E-state index contributed by atoms with van der Waals surface area (Å²) >= 11 is 1.40. The van der Waals surface area contributed by atoms with Gasteiger partial charge in [-0.2, -0.15) is 0 Å². The lowest BCUT2D eigenvalue weighted by atomic mass is 9.95. The number of anilines is 1. The SMILES string of the molecule is Cc1nc(NC(=O)C2CCN(C(=O)C3CC3)CC2)sc1Cc1ccccc1F. The number of nitrogens with zero attached hydrogens (tertiary/aromatic N) is 2. The summed E-state index contributed by atoms with van der Waals surface area (Å²) in [4.78, 5) is 32.0. The first-order valence-electron chi connectivity index (χ1n) is 9.80. The van der Waals surface area contributed by atoms with E-state index in [-0.39, 0.29) is 29.5 Å². The molecule has 1 saturated carbocycles. The van der Waals surface area contributed by atoms with E-state index in [4.69, 9.17) is 0 Å². The van der Waals surface area contributed by atoms with E-state index < -0.39 is 0 Å². The van der Waals surface area contributed by atoms with Gasteiger partial charge in [-0.1, -0.05) is 18.2 Å². The Hall–Kier alpha value is -2.28. The zero-order valence-corrected chi connectivity index (χ0v) is 16.7. The van der Waals surface area contributed by atoms with Crippen LogP contribution in [0.4, 0.5) is 9.52 Å². The average molecular weight is 402 g/mol. The molecular weight excluding hydrogens is 377 g/mol. The third-order valence-electron chi connectivity index (χ3n) is 5.54. The molecule has 0 unspecified atom stereocenters. The van der Waals surface area contributed by atoms with E-state index in [1.807, 2.05) is 17.9 Å². The Balaban J connectivity index is 1.34. The fraction of sp³-hybridized carbons (Fsp3) is 0.476. The maximum absolute atomic E-state index is 13.9. The fourth-order valence-electron chi connectivity index (χ4n) is 3.62. The Morgan fingerprint density at radius 3 is 2.57 bits per heavy atom. The first-order valence-corrected chi connectivity index (χ1v) is 10.6. The van der Waals surface area contributed by atoms with Gasteiger partial charge in [-0.3, -0.25) is 9.59 Å². The lowest BCUT2D eigenvalue weighted by molar-refractivity contribution is -0.135. The molecule has 0 spiro atoms. The number of amides is 2. The van der Waals surface area contributed by atoms with Gasteiger partial charge >= 0.3 is 0 Å². The van der Waals surface area contributed by atoms with Crippen LogP contribution in [0.25, 0.3) is 0 Å². The van der Waals surface area contributed by atoms with Gasteiger partial charge in [0.05, 0.1) is 5.69 Å². The smallest absolute Gasteiger partial charge is 0.229 e. The first-order chi connectivity index (χ1) is 13.5. The Morgan fingerprint density at radius 1 is 1.18 bits per heavy atom. The Bertz CT molecular complexity index is 886. The Morgan fingerprint density at radius 2 is 1.89 bits per heavy atom. The predicted molar refractivity (Wildman–Crippen MR) is 107 cm³/mol. The number of rotatable bonds is 5. The van der Waals surface area contributed by atoms with Crippen LogP contribution < -0.4 is 5.32 Å². The fourth-order valence-corrected chi connectivity index (χ4v) is 4.61. The Labute approximate surface area is 168 Å². The number of carbonyl (C=O) groups excluding carboxylic acids is 2. The molecular formula is C21H24FN3O2S. The highest BCUT2D eigenvalue weighted by Gasteiger charge is 2.36. The van der Waals surface area contributed by atoms with Crippen LogP contribution in [0.2, 0.25) is 0 Å². The maximum atomic E-state index is 13.9. The van der Waals surface area contributed by atoms with Crippen LogP contribution in [0.5, 0.6) is 0 Å². The van der Waals surface area contributed by atoms with Crippen molar-refractivity contribution < 1.29 is 14.0 Å². The molecule has 2 fully saturated rings. The predicted octanol–water partition coefficient (Wildman–Crippen LogP) is 3.77. The molecule has 0 bridgehead atoms. The van der Waals surface area contributed by atoms with Crippen LogP contribution in [0.3, 0.4) is 0 Å². The third-order valence-corrected chi connectivity index (χ3v) is 6.61. The van der Waals surface area contributed by atoms with Crippen molar-refractivity contribution in [2.45, 2.75) is 39.0 Å². The minimum atomic E-state index is -0.228. The number of aryl methyl sites for hydroxylation is 1. The number of nitrogens with one attached hydrogen (secondary N) is 1. The van der Waals surface area contributed by atoms with Crippen molar-refractivity contribution in [3.63, 3.8) is 0 Å². The molecule has 0 atom stereocenters. The van der Waals surface area contributed by atoms with Crippen LogP contribution in [-0.2, 0) is 16.0 Å². The third kappa shape index (κ3) is 4.24. The molecule has 4 rings (SSSR count). The van der Waals surface area contributed by atoms with E-state index in [1.165, 1.54) is 17.4 Å². The quantitative estimate of drug-likeness (QED) is 0.830. The van der Waals surface area contributed by atoms with Crippen molar-refractivity contribution in [2.75, 3.05) is 18.4 Å². The summed E-state index contributed by atoms with van der Waals surface area (Å²) in [5, 5.41) is 3.48. The summed E-state index contributed by atoms with van der Waals surface area (Å²) < 4.78 is 13.9. The highest BCUT2D eigenvalue weighted by Crippen LogP contribution is 2.33. The van der Waals surface area contributed by atoms with Gasteiger partial charge in [0.25, 0.3) is 0 Å². The molecule has 1 aliphatic carbocycles. The average Bonchev–Trinajstić information content (AvgIpc) is 3.48. The summed E-state index contributed by atoms with van der Waals surface area (Å²) in [7, 11) is 0. The van der Waals surface area contributed by atoms with Crippen molar-refractivity contribution in [2.24, 2.45) is 11.8 Å². The molecule has 2 aliphatic rings. The molecule has 0 radical (unpaired) electrons. The van der Waals surface area contributed by atoms with Crippen LogP contribution in [0.1, 0.15) is 41.8 Å². The van der Waals surface area contributed by atoms with Crippen molar-refractivity contribution in [3.05, 3.63) is 46.2 Å². The second-order valence-corrected chi connectivity index (χ2v) is 8.74. The number of halogens is 1. The minimum Gasteiger partial charge on any atom is -0.342 e. The number of likely N-dealkylation sites (tertiary alicyclic amines) is 1. The van der Waals surface area contributed by atoms with E-state index >= 15 is 0 Å². The summed E-state index contributed by atoms with van der Waals surface area (Å²) in [6, 6.07) is 6.71. The van der Waals surface area contributed by atoms with E-state index in [1.54, 1.807) is 12.1 Å². The summed E-state index contributed by atoms with van der Waals surface area (Å²) in [6.07, 6.45) is 3.87. The second-order valence-electron chi connectivity index (χ2n) is 7.66. The highest BCUT2D eigenvalue weighted by molar-refractivity contribution is 7.15. The summed E-state index contributed by atoms with van der Waals surface area (Å²) in [5.74, 6) is 0.129. The lowest BCUT2D eigenvalue weighted by Gasteiger charge is -2.31. The molecule has 5 nitrogen and oxygen atoms in total. The van der Waals surface area contributed by atoms with Crippen molar-refractivity contribution in [1.29, 1.82) is 0 Å². The van der Waals surface area contributed by atoms with E-state index in [2.05, 4.69) is 10.3 Å². The van der Waals surface area contributed by atoms with E-state index in [9.17, 15) is 14.0 Å². The van der Waals surface area contributed by atoms with Gasteiger partial charge in [0.15, 0.2) is 5.13 Å². The van der Waals surface area contributed by atoms with E-state index in [0.717, 1.165) is 23.4 Å². The standard InChI is InChI=1S/C21H24FN3O2S/c1-13-18(12-16-4-2-3-5-17(16)22)28-21(23-13)24-19(26)14-8-10-25(11-9-14)20(27)15-6-7-15/h2-5,14-15H,6-12H2,1H3,(H,23,24,26). The van der Waals surface area contributed by atoms with Crippen LogP contribution in [0, 0.1) is 24.6 Å². The highest BCUT2D eigenvalue weighted by atomic mass is 32.1. The molecule has 148 valence electrons. The summed E-state index contributed by atoms with van der Waals surface area (Å²) in [6.45, 7) is 3.19. The number of piperidine rings is 1. The topological polar surface area (TPSA) is 62.3 Å². The van der Waals surface area contributed by atoms with Gasteiger partial charge in [0.1, 0.15) is 5.82 Å². The minimum absolute atomic E-state index is 0.0373. The van der Waals surface area contributed by atoms with Gasteiger partial charge in [-0.05, 0) is 44.2 Å². The molecule has 1 saturated heterocycles. The molecule has 28 heavy (non-hydrogen) atoms. The van der Waals surface area contributed by atoms with Gasteiger partial charge in [0.2, 0.25) is 11.8 Å². The number of carbonyl (C=O) groups is 2. The molecule has 1 N–H and O–H groups in total. The first kappa shape index (κ1) is 19.1. The molecule has 1 aliphatic heterocycles. The normalized spacial score (nSPS) is 17.6. The zero-order chi connectivity index (χ0) is 19.7. The number of aromatic nitrogens is 1. The molecule has 2 heterocycles. The molecule has 2 aromatic rings. The van der Waals surface area contributed by atoms with Gasteiger partial charge in [-0.15, -0.1) is 11.3 Å². The maximum Gasteiger partial charge on any atom is 0.229 e. The van der Waals surface area contributed by atoms with Gasteiger partial charge in [-0.25, -0.2) is 9.37 Å². The number of thiazole rings is 1. The largest absolute Gasteiger partial charge is 0.342 e. The monoisotopic (exact) mass is 401 g/mol. The lowest BCUT2D eigenvalue weighted by Crippen LogP contribution is -2.42. The van der Waals surface area contributed by atoms with Gasteiger partial charge < -0.3 is 10.2 Å². The number of hydrogen-bond donors (Lipinski definition) is 1. The number of benzene rings is 1. The van der Waals surface area contributed by atoms with Crippen molar-refractivity contribution in [1.82, 2.24) is 9.88 Å². The second kappa shape index (κ2) is 7.99. The van der Waals surface area contributed by atoms with Crippen LogP contribution >= 0.6 is 11.3 Å². The number of hydrogen-bond acceptors (Lipinski definition) is 4. The van der Waals surface area contributed by atoms with E-state index in [0.29, 0.717) is 43.0 Å². The Kier molecular flexibility index (Phi) is 5.44. The van der Waals surface area contributed by atoms with Gasteiger partial charge in [0, 0.05) is 36.2 Å². The molecule has 7 heteroatoms. The summed E-state index contributed by atoms with van der Waals surface area (Å²) in [5.41, 5.74) is 1.44. The molecule has 1 aromatic heterocycles. The van der Waals surface area contributed by atoms with Crippen LogP contribution in [0.15, 0.2) is 24.3 Å². The van der Waals surface area contributed by atoms with Crippen molar-refractivity contribution >= 4 is 28.3 Å². The molecule has 1 aromatic carbocycles. The van der Waals surface area contributed by atoms with Crippen LogP contribution in [-0.4, -0.2) is 34.8 Å².